The lowest BCUT2D eigenvalue weighted by Gasteiger charge is -2.34. The first-order valence-electron chi connectivity index (χ1n) is 10.7. The summed E-state index contributed by atoms with van der Waals surface area (Å²) in [6.45, 7) is 4.33. The summed E-state index contributed by atoms with van der Waals surface area (Å²) in [5.41, 5.74) is 2.32. The molecule has 0 N–H and O–H groups in total. The number of rotatable bonds is 7. The molecule has 1 aliphatic heterocycles. The average Bonchev–Trinajstić information content (AvgIpc) is 3.16. The SMILES string of the molecule is CN(CC1CCCN(CCc2ccc(Cl)cc2)C1)C(=O)Cn1ncc2ccccc21. The number of carbonyl (C=O) groups is 1. The largest absolute Gasteiger partial charge is 0.344 e. The second-order valence-corrected chi connectivity index (χ2v) is 8.76. The van der Waals surface area contributed by atoms with Gasteiger partial charge < -0.3 is 9.80 Å². The lowest BCUT2D eigenvalue weighted by molar-refractivity contribution is -0.131. The molecule has 1 saturated heterocycles. The van der Waals surface area contributed by atoms with Gasteiger partial charge in [-0.05, 0) is 55.5 Å². The number of hydrogen-bond donors (Lipinski definition) is 0. The van der Waals surface area contributed by atoms with E-state index in [1.54, 1.807) is 4.68 Å². The van der Waals surface area contributed by atoms with E-state index < -0.39 is 0 Å². The molecule has 5 nitrogen and oxygen atoms in total. The van der Waals surface area contributed by atoms with Crippen LogP contribution in [0.2, 0.25) is 5.02 Å². The molecule has 30 heavy (non-hydrogen) atoms. The first kappa shape index (κ1) is 20.9. The molecule has 2 heterocycles. The van der Waals surface area contributed by atoms with Gasteiger partial charge in [-0.1, -0.05) is 41.9 Å². The van der Waals surface area contributed by atoms with Crippen LogP contribution in [-0.2, 0) is 17.8 Å². The van der Waals surface area contributed by atoms with E-state index in [4.69, 9.17) is 11.6 Å². The molecule has 4 rings (SSSR count). The van der Waals surface area contributed by atoms with Crippen molar-refractivity contribution in [1.82, 2.24) is 19.6 Å². The number of amides is 1. The molecule has 0 radical (unpaired) electrons. The first-order valence-corrected chi connectivity index (χ1v) is 11.1. The van der Waals surface area contributed by atoms with Crippen LogP contribution < -0.4 is 0 Å². The highest BCUT2D eigenvalue weighted by Crippen LogP contribution is 2.19. The molecule has 1 atom stereocenters. The van der Waals surface area contributed by atoms with E-state index in [1.807, 2.05) is 54.5 Å². The fourth-order valence-electron chi connectivity index (χ4n) is 4.33. The molecule has 0 saturated carbocycles. The van der Waals surface area contributed by atoms with Gasteiger partial charge in [0.05, 0.1) is 11.7 Å². The number of carbonyl (C=O) groups excluding carboxylic acids is 1. The standard InChI is InChI=1S/C24H29ClN4O/c1-27(24(30)18-29-23-7-3-2-6-21(23)15-26-29)16-20-5-4-13-28(17-20)14-12-19-8-10-22(25)11-9-19/h2-3,6-11,15,20H,4-5,12-14,16-18H2,1H3. The number of halogens is 1. The average molecular weight is 425 g/mol. The van der Waals surface area contributed by atoms with Crippen molar-refractivity contribution in [2.45, 2.75) is 25.8 Å². The number of hydrogen-bond acceptors (Lipinski definition) is 3. The second kappa shape index (κ2) is 9.63. The van der Waals surface area contributed by atoms with Crippen LogP contribution in [0.1, 0.15) is 18.4 Å². The maximum absolute atomic E-state index is 12.8. The quantitative estimate of drug-likeness (QED) is 0.573. The van der Waals surface area contributed by atoms with Crippen LogP contribution in [0.3, 0.4) is 0 Å². The van der Waals surface area contributed by atoms with Crippen molar-refractivity contribution in [3.8, 4) is 0 Å². The van der Waals surface area contributed by atoms with Crippen LogP contribution in [0.25, 0.3) is 10.9 Å². The van der Waals surface area contributed by atoms with Crippen molar-refractivity contribution in [2.75, 3.05) is 33.2 Å². The van der Waals surface area contributed by atoms with Crippen LogP contribution in [0, 0.1) is 5.92 Å². The molecule has 3 aromatic rings. The Kier molecular flexibility index (Phi) is 6.70. The van der Waals surface area contributed by atoms with Crippen LogP contribution in [0.15, 0.2) is 54.7 Å². The fraction of sp³-hybridized carbons (Fsp3) is 0.417. The monoisotopic (exact) mass is 424 g/mol. The van der Waals surface area contributed by atoms with Crippen molar-refractivity contribution in [3.63, 3.8) is 0 Å². The minimum Gasteiger partial charge on any atom is -0.344 e. The number of likely N-dealkylation sites (N-methyl/N-ethyl adjacent to an activating group) is 1. The Hall–Kier alpha value is -2.37. The molecule has 1 fully saturated rings. The maximum Gasteiger partial charge on any atom is 0.244 e. The Balaban J connectivity index is 1.27. The van der Waals surface area contributed by atoms with E-state index in [0.29, 0.717) is 5.92 Å². The van der Waals surface area contributed by atoms with Gasteiger partial charge in [-0.3, -0.25) is 9.48 Å². The van der Waals surface area contributed by atoms with E-state index in [9.17, 15) is 4.79 Å². The molecule has 0 spiro atoms. The highest BCUT2D eigenvalue weighted by molar-refractivity contribution is 6.30. The Morgan fingerprint density at radius 1 is 1.20 bits per heavy atom. The van der Waals surface area contributed by atoms with Crippen molar-refractivity contribution in [2.24, 2.45) is 5.92 Å². The van der Waals surface area contributed by atoms with Gasteiger partial charge in [0.15, 0.2) is 0 Å². The molecule has 0 aliphatic carbocycles. The zero-order chi connectivity index (χ0) is 20.9. The molecule has 6 heteroatoms. The lowest BCUT2D eigenvalue weighted by Crippen LogP contribution is -2.43. The van der Waals surface area contributed by atoms with Crippen LogP contribution in [-0.4, -0.2) is 58.7 Å². The summed E-state index contributed by atoms with van der Waals surface area (Å²) in [7, 11) is 1.92. The third-order valence-corrected chi connectivity index (χ3v) is 6.28. The Labute approximate surface area is 183 Å². The zero-order valence-corrected chi connectivity index (χ0v) is 18.3. The van der Waals surface area contributed by atoms with Crippen molar-refractivity contribution in [1.29, 1.82) is 0 Å². The minimum atomic E-state index is 0.113. The van der Waals surface area contributed by atoms with Gasteiger partial charge >= 0.3 is 0 Å². The van der Waals surface area contributed by atoms with E-state index in [1.165, 1.54) is 18.4 Å². The van der Waals surface area contributed by atoms with E-state index in [0.717, 1.165) is 48.5 Å². The van der Waals surface area contributed by atoms with Crippen LogP contribution in [0.5, 0.6) is 0 Å². The van der Waals surface area contributed by atoms with Gasteiger partial charge in [0, 0.05) is 37.1 Å². The van der Waals surface area contributed by atoms with Gasteiger partial charge in [-0.25, -0.2) is 0 Å². The van der Waals surface area contributed by atoms with Gasteiger partial charge in [0.1, 0.15) is 6.54 Å². The molecule has 1 aromatic heterocycles. The smallest absolute Gasteiger partial charge is 0.244 e. The highest BCUT2D eigenvalue weighted by atomic mass is 35.5. The summed E-state index contributed by atoms with van der Waals surface area (Å²) < 4.78 is 1.80. The zero-order valence-electron chi connectivity index (χ0n) is 17.5. The van der Waals surface area contributed by atoms with E-state index in [2.05, 4.69) is 22.1 Å². The number of aromatic nitrogens is 2. The van der Waals surface area contributed by atoms with Gasteiger partial charge in [-0.15, -0.1) is 0 Å². The fourth-order valence-corrected chi connectivity index (χ4v) is 4.46. The number of piperidine rings is 1. The van der Waals surface area contributed by atoms with Crippen molar-refractivity contribution < 1.29 is 4.79 Å². The summed E-state index contributed by atoms with van der Waals surface area (Å²) in [6, 6.07) is 16.1. The van der Waals surface area contributed by atoms with Gasteiger partial charge in [-0.2, -0.15) is 5.10 Å². The molecule has 158 valence electrons. The van der Waals surface area contributed by atoms with Gasteiger partial charge in [0.2, 0.25) is 5.91 Å². The summed E-state index contributed by atoms with van der Waals surface area (Å²) in [5.74, 6) is 0.634. The van der Waals surface area contributed by atoms with Crippen LogP contribution >= 0.6 is 11.6 Å². The lowest BCUT2D eigenvalue weighted by atomic mass is 9.97. The van der Waals surface area contributed by atoms with E-state index >= 15 is 0 Å². The molecular formula is C24H29ClN4O. The molecule has 1 amide bonds. The molecule has 1 unspecified atom stereocenters. The Morgan fingerprint density at radius 3 is 2.83 bits per heavy atom. The maximum atomic E-state index is 12.8. The van der Waals surface area contributed by atoms with Crippen LogP contribution in [0.4, 0.5) is 0 Å². The molecular weight excluding hydrogens is 396 g/mol. The Morgan fingerprint density at radius 2 is 2.00 bits per heavy atom. The van der Waals surface area contributed by atoms with E-state index in [-0.39, 0.29) is 12.5 Å². The second-order valence-electron chi connectivity index (χ2n) is 8.32. The predicted molar refractivity (Wildman–Crippen MR) is 122 cm³/mol. The van der Waals surface area contributed by atoms with Crippen molar-refractivity contribution >= 4 is 28.4 Å². The van der Waals surface area contributed by atoms with Crippen molar-refractivity contribution in [3.05, 3.63) is 65.3 Å². The topological polar surface area (TPSA) is 41.4 Å². The highest BCUT2D eigenvalue weighted by Gasteiger charge is 2.23. The number of fused-ring (bicyclic) bond motifs is 1. The molecule has 1 aliphatic rings. The molecule has 2 aromatic carbocycles. The summed E-state index contributed by atoms with van der Waals surface area (Å²) >= 11 is 5.98. The number of likely N-dealkylation sites (tertiary alicyclic amines) is 1. The number of para-hydroxylation sites is 1. The summed E-state index contributed by atoms with van der Waals surface area (Å²) in [5, 5.41) is 6.24. The minimum absolute atomic E-state index is 0.113. The summed E-state index contributed by atoms with van der Waals surface area (Å²) in [6.07, 6.45) is 5.23. The van der Waals surface area contributed by atoms with Gasteiger partial charge in [0.25, 0.3) is 0 Å². The Bertz CT molecular complexity index is 984. The predicted octanol–water partition coefficient (Wildman–Crippen LogP) is 4.10. The summed E-state index contributed by atoms with van der Waals surface area (Å²) in [4.78, 5) is 17.2. The normalized spacial score (nSPS) is 17.3. The number of benzene rings is 2. The molecule has 0 bridgehead atoms. The third kappa shape index (κ3) is 5.21. The number of nitrogens with zero attached hydrogens (tertiary/aromatic N) is 4. The third-order valence-electron chi connectivity index (χ3n) is 6.03. The first-order chi connectivity index (χ1) is 14.6.